The van der Waals surface area contributed by atoms with Gasteiger partial charge in [0.05, 0.1) is 0 Å². The Bertz CT molecular complexity index is 608. The molecular weight excluding hydrogens is 253 g/mol. The molecule has 20 heavy (non-hydrogen) atoms. The fourth-order valence-electron chi connectivity index (χ4n) is 2.04. The van der Waals surface area contributed by atoms with Gasteiger partial charge >= 0.3 is 0 Å². The van der Waals surface area contributed by atoms with Gasteiger partial charge < -0.3 is 10.5 Å². The Morgan fingerprint density at radius 2 is 1.90 bits per heavy atom. The molecule has 0 atom stereocenters. The van der Waals surface area contributed by atoms with Crippen LogP contribution in [-0.2, 0) is 6.54 Å². The number of hydrogen-bond acceptors (Lipinski definition) is 2. The van der Waals surface area contributed by atoms with Crippen molar-refractivity contribution in [2.75, 3.05) is 0 Å². The van der Waals surface area contributed by atoms with Gasteiger partial charge in [0.2, 0.25) is 0 Å². The molecule has 0 aromatic heterocycles. The second kappa shape index (κ2) is 6.06. The van der Waals surface area contributed by atoms with Crippen molar-refractivity contribution in [3.05, 3.63) is 58.9 Å². The first-order chi connectivity index (χ1) is 9.52. The predicted octanol–water partition coefficient (Wildman–Crippen LogP) is 4.51. The van der Waals surface area contributed by atoms with E-state index >= 15 is 0 Å². The summed E-state index contributed by atoms with van der Waals surface area (Å²) in [6.07, 6.45) is 0. The minimum atomic E-state index is -0.331. The van der Waals surface area contributed by atoms with Crippen LogP contribution in [0.5, 0.6) is 11.5 Å². The van der Waals surface area contributed by atoms with Gasteiger partial charge in [-0.15, -0.1) is 0 Å². The average Bonchev–Trinajstić information content (AvgIpc) is 2.41. The standard InChI is InChI=1S/C17H20FNO/c1-11(2)13-8-7-12(3)17(9-13)20-16-6-4-5-15(18)14(16)10-19/h4-9,11H,10,19H2,1-3H3. The normalized spacial score (nSPS) is 10.9. The van der Waals surface area contributed by atoms with Crippen LogP contribution in [0.4, 0.5) is 4.39 Å². The van der Waals surface area contributed by atoms with Gasteiger partial charge in [0.25, 0.3) is 0 Å². The van der Waals surface area contributed by atoms with Crippen LogP contribution in [0.3, 0.4) is 0 Å². The highest BCUT2D eigenvalue weighted by Crippen LogP contribution is 2.31. The van der Waals surface area contributed by atoms with Crippen molar-refractivity contribution in [2.45, 2.75) is 33.2 Å². The van der Waals surface area contributed by atoms with Crippen LogP contribution < -0.4 is 10.5 Å². The van der Waals surface area contributed by atoms with Gasteiger partial charge in [-0.25, -0.2) is 4.39 Å². The van der Waals surface area contributed by atoms with E-state index in [2.05, 4.69) is 19.9 Å². The van der Waals surface area contributed by atoms with Crippen LogP contribution in [0.25, 0.3) is 0 Å². The maximum absolute atomic E-state index is 13.7. The van der Waals surface area contributed by atoms with Crippen molar-refractivity contribution in [3.63, 3.8) is 0 Å². The van der Waals surface area contributed by atoms with Gasteiger partial charge in [-0.2, -0.15) is 0 Å². The van der Waals surface area contributed by atoms with Crippen molar-refractivity contribution in [3.8, 4) is 11.5 Å². The van der Waals surface area contributed by atoms with E-state index in [0.717, 1.165) is 11.3 Å². The van der Waals surface area contributed by atoms with Crippen LogP contribution in [0.15, 0.2) is 36.4 Å². The van der Waals surface area contributed by atoms with E-state index in [0.29, 0.717) is 17.2 Å². The molecule has 3 heteroatoms. The summed E-state index contributed by atoms with van der Waals surface area (Å²) in [4.78, 5) is 0. The molecule has 0 saturated heterocycles. The lowest BCUT2D eigenvalue weighted by molar-refractivity contribution is 0.463. The second-order valence-electron chi connectivity index (χ2n) is 5.20. The Hall–Kier alpha value is -1.87. The first-order valence-corrected chi connectivity index (χ1v) is 6.78. The monoisotopic (exact) mass is 273 g/mol. The van der Waals surface area contributed by atoms with Crippen molar-refractivity contribution in [1.82, 2.24) is 0 Å². The molecule has 0 aliphatic rings. The third-order valence-corrected chi connectivity index (χ3v) is 3.38. The first-order valence-electron chi connectivity index (χ1n) is 6.78. The Labute approximate surface area is 119 Å². The molecule has 0 saturated carbocycles. The Balaban J connectivity index is 2.39. The molecule has 0 heterocycles. The lowest BCUT2D eigenvalue weighted by Crippen LogP contribution is -2.03. The molecular formula is C17H20FNO. The molecule has 0 unspecified atom stereocenters. The van der Waals surface area contributed by atoms with Crippen LogP contribution in [-0.4, -0.2) is 0 Å². The minimum Gasteiger partial charge on any atom is -0.457 e. The molecule has 0 bridgehead atoms. The van der Waals surface area contributed by atoms with Crippen LogP contribution >= 0.6 is 0 Å². The van der Waals surface area contributed by atoms with Crippen LogP contribution in [0.1, 0.15) is 36.5 Å². The number of rotatable bonds is 4. The van der Waals surface area contributed by atoms with Gasteiger partial charge in [0, 0.05) is 12.1 Å². The molecule has 2 aromatic rings. The van der Waals surface area contributed by atoms with E-state index in [1.54, 1.807) is 12.1 Å². The third kappa shape index (κ3) is 2.99. The molecule has 2 aromatic carbocycles. The average molecular weight is 273 g/mol. The third-order valence-electron chi connectivity index (χ3n) is 3.38. The Kier molecular flexibility index (Phi) is 4.40. The molecule has 0 aliphatic carbocycles. The van der Waals surface area contributed by atoms with E-state index < -0.39 is 0 Å². The SMILES string of the molecule is Cc1ccc(C(C)C)cc1Oc1cccc(F)c1CN. The molecule has 0 amide bonds. The fraction of sp³-hybridized carbons (Fsp3) is 0.294. The van der Waals surface area contributed by atoms with E-state index in [-0.39, 0.29) is 12.4 Å². The van der Waals surface area contributed by atoms with Gasteiger partial charge in [0.15, 0.2) is 0 Å². The second-order valence-corrected chi connectivity index (χ2v) is 5.20. The first kappa shape index (κ1) is 14.5. The number of aryl methyl sites for hydroxylation is 1. The summed E-state index contributed by atoms with van der Waals surface area (Å²) in [7, 11) is 0. The zero-order valence-electron chi connectivity index (χ0n) is 12.1. The van der Waals surface area contributed by atoms with Crippen LogP contribution in [0.2, 0.25) is 0 Å². The summed E-state index contributed by atoms with van der Waals surface area (Å²) in [5, 5.41) is 0. The van der Waals surface area contributed by atoms with E-state index in [1.165, 1.54) is 11.6 Å². The molecule has 0 spiro atoms. The van der Waals surface area contributed by atoms with Gasteiger partial charge in [-0.05, 0) is 42.2 Å². The quantitative estimate of drug-likeness (QED) is 0.889. The lowest BCUT2D eigenvalue weighted by atomic mass is 10.0. The van der Waals surface area contributed by atoms with Gasteiger partial charge in [0.1, 0.15) is 17.3 Å². The maximum atomic E-state index is 13.7. The van der Waals surface area contributed by atoms with E-state index in [9.17, 15) is 4.39 Å². The predicted molar refractivity (Wildman–Crippen MR) is 79.6 cm³/mol. The highest BCUT2D eigenvalue weighted by atomic mass is 19.1. The molecule has 106 valence electrons. The van der Waals surface area contributed by atoms with Crippen molar-refractivity contribution >= 4 is 0 Å². The minimum absolute atomic E-state index is 0.116. The molecule has 2 nitrogen and oxygen atoms in total. The topological polar surface area (TPSA) is 35.2 Å². The molecule has 0 radical (unpaired) electrons. The van der Waals surface area contributed by atoms with Crippen molar-refractivity contribution < 1.29 is 9.13 Å². The van der Waals surface area contributed by atoms with Gasteiger partial charge in [-0.1, -0.05) is 32.0 Å². The summed E-state index contributed by atoms with van der Waals surface area (Å²) in [6.45, 7) is 6.34. The number of nitrogens with two attached hydrogens (primary N) is 1. The summed E-state index contributed by atoms with van der Waals surface area (Å²) in [6, 6.07) is 10.9. The lowest BCUT2D eigenvalue weighted by Gasteiger charge is -2.15. The smallest absolute Gasteiger partial charge is 0.134 e. The number of benzene rings is 2. The number of halogens is 1. The number of hydrogen-bond donors (Lipinski definition) is 1. The van der Waals surface area contributed by atoms with Crippen molar-refractivity contribution in [1.29, 1.82) is 0 Å². The highest BCUT2D eigenvalue weighted by molar-refractivity contribution is 5.43. The summed E-state index contributed by atoms with van der Waals surface area (Å²) in [5.41, 5.74) is 8.21. The zero-order chi connectivity index (χ0) is 14.7. The van der Waals surface area contributed by atoms with E-state index in [1.807, 2.05) is 19.1 Å². The van der Waals surface area contributed by atoms with Crippen molar-refractivity contribution in [2.24, 2.45) is 5.73 Å². The number of ether oxygens (including phenoxy) is 1. The zero-order valence-corrected chi connectivity index (χ0v) is 12.1. The fourth-order valence-corrected chi connectivity index (χ4v) is 2.04. The van der Waals surface area contributed by atoms with Gasteiger partial charge in [-0.3, -0.25) is 0 Å². The maximum Gasteiger partial charge on any atom is 0.134 e. The highest BCUT2D eigenvalue weighted by Gasteiger charge is 2.11. The summed E-state index contributed by atoms with van der Waals surface area (Å²) >= 11 is 0. The molecule has 0 fully saturated rings. The Morgan fingerprint density at radius 3 is 2.55 bits per heavy atom. The molecule has 0 aliphatic heterocycles. The Morgan fingerprint density at radius 1 is 1.15 bits per heavy atom. The summed E-state index contributed by atoms with van der Waals surface area (Å²) < 4.78 is 19.6. The summed E-state index contributed by atoms with van der Waals surface area (Å²) in [5.74, 6) is 1.31. The van der Waals surface area contributed by atoms with Crippen LogP contribution in [0, 0.1) is 12.7 Å². The largest absolute Gasteiger partial charge is 0.457 e. The molecule has 2 N–H and O–H groups in total. The van der Waals surface area contributed by atoms with E-state index in [4.69, 9.17) is 10.5 Å². The molecule has 2 rings (SSSR count).